The minimum atomic E-state index is -4.30. The number of rotatable bonds is 0. The molecule has 20 heavy (non-hydrogen) atoms. The third-order valence-electron chi connectivity index (χ3n) is 3.28. The Labute approximate surface area is 119 Å². The molecule has 0 saturated heterocycles. The lowest BCUT2D eigenvalue weighted by atomic mass is 10.1. The molecule has 3 rings (SSSR count). The minimum Gasteiger partial charge on any atom is -0.380 e. The van der Waals surface area contributed by atoms with Gasteiger partial charge in [-0.15, -0.1) is 11.8 Å². The molecule has 104 valence electrons. The van der Waals surface area contributed by atoms with Crippen LogP contribution in [0.4, 0.5) is 18.9 Å². The molecule has 1 aliphatic heterocycles. The summed E-state index contributed by atoms with van der Waals surface area (Å²) in [6, 6.07) is 11.9. The van der Waals surface area contributed by atoms with Crippen LogP contribution in [0, 0.1) is 0 Å². The lowest BCUT2D eigenvalue weighted by Crippen LogP contribution is -2.09. The van der Waals surface area contributed by atoms with Crippen molar-refractivity contribution in [3.63, 3.8) is 0 Å². The van der Waals surface area contributed by atoms with E-state index in [-0.39, 0.29) is 0 Å². The minimum absolute atomic E-state index is 0.547. The Morgan fingerprint density at radius 1 is 1.00 bits per heavy atom. The van der Waals surface area contributed by atoms with Gasteiger partial charge in [-0.05, 0) is 29.3 Å². The molecule has 0 spiro atoms. The van der Waals surface area contributed by atoms with Crippen molar-refractivity contribution in [3.8, 4) is 0 Å². The summed E-state index contributed by atoms with van der Waals surface area (Å²) >= 11 is 1.56. The van der Waals surface area contributed by atoms with Crippen LogP contribution in [0.3, 0.4) is 0 Å². The van der Waals surface area contributed by atoms with Crippen LogP contribution in [0.5, 0.6) is 0 Å². The topological polar surface area (TPSA) is 12.0 Å². The second-order valence-corrected chi connectivity index (χ2v) is 5.64. The predicted molar refractivity (Wildman–Crippen MR) is 74.8 cm³/mol. The Bertz CT molecular complexity index is 637. The van der Waals surface area contributed by atoms with E-state index in [1.807, 2.05) is 18.2 Å². The van der Waals surface area contributed by atoms with Crippen LogP contribution in [-0.2, 0) is 18.5 Å². The molecule has 0 atom stereocenters. The van der Waals surface area contributed by atoms with Crippen molar-refractivity contribution in [2.24, 2.45) is 0 Å². The van der Waals surface area contributed by atoms with Gasteiger partial charge in [0.05, 0.1) is 5.56 Å². The van der Waals surface area contributed by atoms with Gasteiger partial charge in [-0.3, -0.25) is 0 Å². The maximum Gasteiger partial charge on any atom is 0.416 e. The average Bonchev–Trinajstić information content (AvgIpc) is 2.40. The van der Waals surface area contributed by atoms with E-state index in [2.05, 4.69) is 11.4 Å². The van der Waals surface area contributed by atoms with Crippen LogP contribution in [0.2, 0.25) is 0 Å². The highest BCUT2D eigenvalue weighted by atomic mass is 32.2. The molecule has 1 heterocycles. The molecular formula is C15H12F3NS. The molecule has 0 unspecified atom stereocenters. The largest absolute Gasteiger partial charge is 0.416 e. The van der Waals surface area contributed by atoms with E-state index in [0.29, 0.717) is 12.2 Å². The first-order chi connectivity index (χ1) is 9.54. The first kappa shape index (κ1) is 13.4. The zero-order chi connectivity index (χ0) is 14.2. The van der Waals surface area contributed by atoms with Gasteiger partial charge in [0.1, 0.15) is 0 Å². The number of nitrogens with one attached hydrogen (secondary N) is 1. The van der Waals surface area contributed by atoms with Gasteiger partial charge >= 0.3 is 6.18 Å². The highest BCUT2D eigenvalue weighted by Crippen LogP contribution is 2.38. The number of alkyl halides is 3. The van der Waals surface area contributed by atoms with Crippen LogP contribution >= 0.6 is 11.8 Å². The second kappa shape index (κ2) is 5.05. The fourth-order valence-corrected chi connectivity index (χ4v) is 3.23. The summed E-state index contributed by atoms with van der Waals surface area (Å²) in [5.41, 5.74) is 2.29. The van der Waals surface area contributed by atoms with E-state index in [4.69, 9.17) is 0 Å². The summed E-state index contributed by atoms with van der Waals surface area (Å²) in [6.07, 6.45) is -4.30. The number of anilines is 1. The van der Waals surface area contributed by atoms with E-state index < -0.39 is 11.7 Å². The second-order valence-electron chi connectivity index (χ2n) is 4.62. The van der Waals surface area contributed by atoms with Crippen molar-refractivity contribution < 1.29 is 13.2 Å². The standard InChI is InChI=1S/C15H12F3NS/c16-15(17,18)12-5-6-14-13(7-12)19-8-10-3-1-2-4-11(10)9-20-14/h1-7,19H,8-9H2. The van der Waals surface area contributed by atoms with Crippen LogP contribution in [0.15, 0.2) is 47.4 Å². The number of thioether (sulfide) groups is 1. The maximum atomic E-state index is 12.7. The third kappa shape index (κ3) is 2.63. The van der Waals surface area contributed by atoms with Crippen molar-refractivity contribution in [1.82, 2.24) is 0 Å². The van der Waals surface area contributed by atoms with Gasteiger partial charge in [0.25, 0.3) is 0 Å². The van der Waals surface area contributed by atoms with Gasteiger partial charge in [-0.2, -0.15) is 13.2 Å². The SMILES string of the molecule is FC(F)(F)c1ccc2c(c1)NCc1ccccc1CS2. The molecule has 0 bridgehead atoms. The lowest BCUT2D eigenvalue weighted by molar-refractivity contribution is -0.137. The molecule has 0 amide bonds. The number of benzene rings is 2. The maximum absolute atomic E-state index is 12.7. The quantitative estimate of drug-likeness (QED) is 0.740. The summed E-state index contributed by atoms with van der Waals surface area (Å²) in [4.78, 5) is 0.854. The average molecular weight is 295 g/mol. The molecule has 1 N–H and O–H groups in total. The molecule has 0 fully saturated rings. The molecule has 0 radical (unpaired) electrons. The van der Waals surface area contributed by atoms with Crippen molar-refractivity contribution >= 4 is 17.4 Å². The number of hydrogen-bond acceptors (Lipinski definition) is 2. The Morgan fingerprint density at radius 2 is 1.75 bits per heavy atom. The lowest BCUT2D eigenvalue weighted by Gasteiger charge is -2.19. The molecule has 1 aliphatic rings. The zero-order valence-electron chi connectivity index (χ0n) is 10.5. The monoisotopic (exact) mass is 295 g/mol. The van der Waals surface area contributed by atoms with Crippen molar-refractivity contribution in [2.45, 2.75) is 23.4 Å². The van der Waals surface area contributed by atoms with Gasteiger partial charge < -0.3 is 5.32 Å². The Hall–Kier alpha value is -1.62. The Kier molecular flexibility index (Phi) is 3.38. The predicted octanol–water partition coefficient (Wildman–Crippen LogP) is 4.92. The van der Waals surface area contributed by atoms with Gasteiger partial charge in [0, 0.05) is 22.9 Å². The molecule has 5 heteroatoms. The highest BCUT2D eigenvalue weighted by Gasteiger charge is 2.31. The van der Waals surface area contributed by atoms with E-state index in [9.17, 15) is 13.2 Å². The van der Waals surface area contributed by atoms with Gasteiger partial charge in [0.2, 0.25) is 0 Å². The molecule has 0 saturated carbocycles. The fraction of sp³-hybridized carbons (Fsp3) is 0.200. The van der Waals surface area contributed by atoms with E-state index in [0.717, 1.165) is 22.3 Å². The van der Waals surface area contributed by atoms with Gasteiger partial charge in [-0.1, -0.05) is 24.3 Å². The molecule has 2 aromatic carbocycles. The van der Waals surface area contributed by atoms with Gasteiger partial charge in [0.15, 0.2) is 0 Å². The summed E-state index contributed by atoms with van der Waals surface area (Å²) < 4.78 is 38.2. The Morgan fingerprint density at radius 3 is 2.50 bits per heavy atom. The molecular weight excluding hydrogens is 283 g/mol. The van der Waals surface area contributed by atoms with E-state index >= 15 is 0 Å². The molecule has 2 aromatic rings. The highest BCUT2D eigenvalue weighted by molar-refractivity contribution is 7.98. The fourth-order valence-electron chi connectivity index (χ4n) is 2.19. The molecule has 1 nitrogen and oxygen atoms in total. The van der Waals surface area contributed by atoms with Gasteiger partial charge in [-0.25, -0.2) is 0 Å². The first-order valence-corrected chi connectivity index (χ1v) is 7.17. The summed E-state index contributed by atoms with van der Waals surface area (Å²) in [5.74, 6) is 0.774. The number of halogens is 3. The van der Waals surface area contributed by atoms with Crippen molar-refractivity contribution in [2.75, 3.05) is 5.32 Å². The Balaban J connectivity index is 1.94. The van der Waals surface area contributed by atoms with Crippen molar-refractivity contribution in [3.05, 3.63) is 59.2 Å². The van der Waals surface area contributed by atoms with Crippen LogP contribution in [0.25, 0.3) is 0 Å². The molecule has 0 aromatic heterocycles. The number of fused-ring (bicyclic) bond motifs is 2. The molecule has 0 aliphatic carbocycles. The number of hydrogen-bond donors (Lipinski definition) is 1. The third-order valence-corrected chi connectivity index (χ3v) is 4.40. The summed E-state index contributed by atoms with van der Waals surface area (Å²) in [7, 11) is 0. The zero-order valence-corrected chi connectivity index (χ0v) is 11.3. The smallest absolute Gasteiger partial charge is 0.380 e. The normalized spacial score (nSPS) is 14.6. The van der Waals surface area contributed by atoms with Crippen molar-refractivity contribution in [1.29, 1.82) is 0 Å². The van der Waals surface area contributed by atoms with Crippen LogP contribution < -0.4 is 5.32 Å². The van der Waals surface area contributed by atoms with E-state index in [1.165, 1.54) is 11.6 Å². The first-order valence-electron chi connectivity index (χ1n) is 6.19. The van der Waals surface area contributed by atoms with Crippen LogP contribution in [0.1, 0.15) is 16.7 Å². The summed E-state index contributed by atoms with van der Waals surface area (Å²) in [5, 5.41) is 3.11. The van der Waals surface area contributed by atoms with Crippen LogP contribution in [-0.4, -0.2) is 0 Å². The van der Waals surface area contributed by atoms with E-state index in [1.54, 1.807) is 17.8 Å². The summed E-state index contributed by atoms with van der Waals surface area (Å²) in [6.45, 7) is 0.547.